The summed E-state index contributed by atoms with van der Waals surface area (Å²) in [6.45, 7) is 4.06. The van der Waals surface area contributed by atoms with E-state index in [1.165, 1.54) is 30.2 Å². The van der Waals surface area contributed by atoms with E-state index in [-0.39, 0.29) is 17.9 Å². The zero-order valence-corrected chi connectivity index (χ0v) is 15.2. The molecule has 0 aliphatic carbocycles. The van der Waals surface area contributed by atoms with Crippen LogP contribution < -0.4 is 5.56 Å². The number of thioether (sulfide) groups is 1. The fraction of sp³-hybridized carbons (Fsp3) is 0.235. The van der Waals surface area contributed by atoms with Crippen molar-refractivity contribution in [1.29, 1.82) is 0 Å². The number of hydrogen-bond acceptors (Lipinski definition) is 7. The van der Waals surface area contributed by atoms with Gasteiger partial charge in [0.15, 0.2) is 5.16 Å². The highest BCUT2D eigenvalue weighted by Crippen LogP contribution is 2.32. The van der Waals surface area contributed by atoms with Crippen molar-refractivity contribution in [3.63, 3.8) is 0 Å². The van der Waals surface area contributed by atoms with Gasteiger partial charge in [-0.2, -0.15) is 0 Å². The minimum Gasteiger partial charge on any atom is -0.469 e. The summed E-state index contributed by atoms with van der Waals surface area (Å²) in [6, 6.07) is 3.60. The van der Waals surface area contributed by atoms with Crippen molar-refractivity contribution in [2.75, 3.05) is 12.9 Å². The fourth-order valence-electron chi connectivity index (χ4n) is 2.35. The second kappa shape index (κ2) is 7.71. The van der Waals surface area contributed by atoms with Crippen molar-refractivity contribution in [2.24, 2.45) is 0 Å². The summed E-state index contributed by atoms with van der Waals surface area (Å²) in [5, 5.41) is 2.98. The van der Waals surface area contributed by atoms with Gasteiger partial charge >= 0.3 is 5.97 Å². The molecule has 0 bridgehead atoms. The lowest BCUT2D eigenvalue weighted by molar-refractivity contribution is -0.140. The highest BCUT2D eigenvalue weighted by atomic mass is 32.2. The molecule has 25 heavy (non-hydrogen) atoms. The van der Waals surface area contributed by atoms with Gasteiger partial charge in [0.2, 0.25) is 0 Å². The number of allylic oxidation sites excluding steroid dienone is 1. The van der Waals surface area contributed by atoms with Gasteiger partial charge in [0.1, 0.15) is 10.6 Å². The van der Waals surface area contributed by atoms with Crippen LogP contribution in [0, 0.1) is 0 Å². The first-order valence-corrected chi connectivity index (χ1v) is 9.38. The van der Waals surface area contributed by atoms with E-state index in [0.717, 1.165) is 5.56 Å². The molecule has 0 saturated carbocycles. The van der Waals surface area contributed by atoms with Crippen LogP contribution in [0.1, 0.15) is 6.42 Å². The molecule has 0 saturated heterocycles. The number of methoxy groups -OCH3 is 1. The van der Waals surface area contributed by atoms with Gasteiger partial charge in [-0.15, -0.1) is 17.9 Å². The topological polar surface area (TPSA) is 74.3 Å². The first kappa shape index (κ1) is 17.5. The average molecular weight is 376 g/mol. The van der Waals surface area contributed by atoms with Crippen LogP contribution in [0.2, 0.25) is 0 Å². The molecule has 3 heterocycles. The maximum absolute atomic E-state index is 13.0. The molecule has 3 aromatic rings. The van der Waals surface area contributed by atoms with Crippen LogP contribution in [0.15, 0.2) is 50.8 Å². The van der Waals surface area contributed by atoms with E-state index in [4.69, 9.17) is 4.42 Å². The van der Waals surface area contributed by atoms with Crippen LogP contribution in [0.3, 0.4) is 0 Å². The second-order valence-corrected chi connectivity index (χ2v) is 7.00. The molecule has 6 nitrogen and oxygen atoms in total. The Morgan fingerprint density at radius 2 is 2.40 bits per heavy atom. The Bertz CT molecular complexity index is 957. The number of rotatable bonds is 7. The molecular formula is C17H16N2O4S2. The first-order chi connectivity index (χ1) is 12.2. The van der Waals surface area contributed by atoms with Crippen LogP contribution in [-0.2, 0) is 16.1 Å². The number of furan rings is 1. The molecule has 3 aromatic heterocycles. The number of carbonyl (C=O) groups is 1. The molecule has 0 fully saturated rings. The van der Waals surface area contributed by atoms with E-state index >= 15 is 0 Å². The van der Waals surface area contributed by atoms with E-state index in [9.17, 15) is 9.59 Å². The summed E-state index contributed by atoms with van der Waals surface area (Å²) < 4.78 is 11.6. The summed E-state index contributed by atoms with van der Waals surface area (Å²) in [7, 11) is 1.35. The van der Waals surface area contributed by atoms with E-state index in [1.54, 1.807) is 23.0 Å². The third-order valence-corrected chi connectivity index (χ3v) is 5.37. The maximum Gasteiger partial charge on any atom is 0.306 e. The first-order valence-electron chi connectivity index (χ1n) is 7.52. The van der Waals surface area contributed by atoms with Crippen molar-refractivity contribution in [1.82, 2.24) is 9.55 Å². The number of carbonyl (C=O) groups excluding carboxylic acids is 1. The normalized spacial score (nSPS) is 10.9. The molecule has 8 heteroatoms. The lowest BCUT2D eigenvalue weighted by Crippen LogP contribution is -2.22. The van der Waals surface area contributed by atoms with Crippen molar-refractivity contribution < 1.29 is 13.9 Å². The zero-order valence-electron chi connectivity index (χ0n) is 13.6. The van der Waals surface area contributed by atoms with Crippen molar-refractivity contribution >= 4 is 39.3 Å². The van der Waals surface area contributed by atoms with E-state index in [2.05, 4.69) is 16.3 Å². The predicted molar refractivity (Wildman–Crippen MR) is 99.1 cm³/mol. The summed E-state index contributed by atoms with van der Waals surface area (Å²) in [5.74, 6) is 0.835. The van der Waals surface area contributed by atoms with Crippen LogP contribution in [-0.4, -0.2) is 28.4 Å². The number of fused-ring (bicyclic) bond motifs is 1. The molecule has 130 valence electrons. The summed E-state index contributed by atoms with van der Waals surface area (Å²) in [5.41, 5.74) is 0.601. The number of hydrogen-bond donors (Lipinski definition) is 0. The van der Waals surface area contributed by atoms with E-state index < -0.39 is 0 Å². The number of aromatic nitrogens is 2. The highest BCUT2D eigenvalue weighted by Gasteiger charge is 2.18. The largest absolute Gasteiger partial charge is 0.469 e. The maximum atomic E-state index is 13.0. The number of nitrogens with zero attached hydrogens (tertiary/aromatic N) is 2. The van der Waals surface area contributed by atoms with Crippen LogP contribution in [0.4, 0.5) is 0 Å². The Balaban J connectivity index is 2.03. The molecular weight excluding hydrogens is 360 g/mol. The van der Waals surface area contributed by atoms with Crippen LogP contribution in [0.5, 0.6) is 0 Å². The monoisotopic (exact) mass is 376 g/mol. The Hall–Kier alpha value is -2.32. The summed E-state index contributed by atoms with van der Waals surface area (Å²) in [4.78, 5) is 29.5. The van der Waals surface area contributed by atoms with Crippen molar-refractivity contribution in [2.45, 2.75) is 18.1 Å². The van der Waals surface area contributed by atoms with Gasteiger partial charge in [-0.05, 0) is 12.1 Å². The molecule has 0 aliphatic rings. The molecule has 0 radical (unpaired) electrons. The molecule has 0 spiro atoms. The minimum atomic E-state index is -0.289. The molecule has 0 atom stereocenters. The van der Waals surface area contributed by atoms with Gasteiger partial charge in [0.05, 0.1) is 25.2 Å². The minimum absolute atomic E-state index is 0.141. The number of thiophene rings is 1. The number of esters is 1. The van der Waals surface area contributed by atoms with Gasteiger partial charge in [-0.25, -0.2) is 4.98 Å². The SMILES string of the molecule is C=CCn1c(SCCC(=O)OC)nc2scc(-c3ccco3)c2c1=O. The third-order valence-electron chi connectivity index (χ3n) is 3.52. The van der Waals surface area contributed by atoms with Gasteiger partial charge in [0.25, 0.3) is 5.56 Å². The Morgan fingerprint density at radius 1 is 1.56 bits per heavy atom. The Kier molecular flexibility index (Phi) is 5.40. The molecule has 0 aliphatic heterocycles. The van der Waals surface area contributed by atoms with E-state index in [1.807, 2.05) is 11.4 Å². The predicted octanol–water partition coefficient (Wildman–Crippen LogP) is 3.56. The third kappa shape index (κ3) is 3.54. The van der Waals surface area contributed by atoms with Crippen LogP contribution >= 0.6 is 23.1 Å². The zero-order chi connectivity index (χ0) is 17.8. The van der Waals surface area contributed by atoms with Crippen molar-refractivity contribution in [3.8, 4) is 11.3 Å². The van der Waals surface area contributed by atoms with Gasteiger partial charge in [-0.1, -0.05) is 17.8 Å². The van der Waals surface area contributed by atoms with Gasteiger partial charge in [-0.3, -0.25) is 14.2 Å². The van der Waals surface area contributed by atoms with Gasteiger partial charge in [0, 0.05) is 23.2 Å². The number of ether oxygens (including phenoxy) is 1. The fourth-order valence-corrected chi connectivity index (χ4v) is 4.24. The summed E-state index contributed by atoms with van der Waals surface area (Å²) in [6.07, 6.45) is 3.48. The van der Waals surface area contributed by atoms with Gasteiger partial charge < -0.3 is 9.15 Å². The molecule has 3 rings (SSSR count). The average Bonchev–Trinajstić information content (AvgIpc) is 3.27. The molecule has 0 aromatic carbocycles. The Morgan fingerprint density at radius 3 is 3.08 bits per heavy atom. The molecule has 0 amide bonds. The van der Waals surface area contributed by atoms with E-state index in [0.29, 0.717) is 33.4 Å². The lowest BCUT2D eigenvalue weighted by atomic mass is 10.2. The van der Waals surface area contributed by atoms with Crippen molar-refractivity contribution in [3.05, 3.63) is 46.8 Å². The molecule has 0 N–H and O–H groups in total. The Labute approximate surface area is 152 Å². The standard InChI is InChI=1S/C17H16N2O4S2/c1-3-7-19-16(21)14-11(12-5-4-8-23-12)10-25-15(14)18-17(19)24-9-6-13(20)22-2/h3-5,8,10H,1,6-7,9H2,2H3. The molecule has 0 unspecified atom stereocenters. The smallest absolute Gasteiger partial charge is 0.306 e. The van der Waals surface area contributed by atoms with Crippen LogP contribution in [0.25, 0.3) is 21.5 Å². The lowest BCUT2D eigenvalue weighted by Gasteiger charge is -2.10. The second-order valence-electron chi connectivity index (χ2n) is 5.08. The summed E-state index contributed by atoms with van der Waals surface area (Å²) >= 11 is 2.75. The highest BCUT2D eigenvalue weighted by molar-refractivity contribution is 7.99. The quantitative estimate of drug-likeness (QED) is 0.272.